The van der Waals surface area contributed by atoms with Crippen LogP contribution in [0.3, 0.4) is 0 Å². The van der Waals surface area contributed by atoms with Gasteiger partial charge in [-0.15, -0.1) is 0 Å². The molecule has 0 heteroatoms. The minimum absolute atomic E-state index is 1.03. The second kappa shape index (κ2) is 75.6. The number of allylic oxidation sites excluding steroid dienone is 4. The smallest absolute Gasteiger partial charge is 0.00258 e. The van der Waals surface area contributed by atoms with Crippen molar-refractivity contribution in [3.05, 3.63) is 442 Å². The zero-order valence-corrected chi connectivity index (χ0v) is 71.9. The monoisotopic (exact) mass is 1450 g/mol. The molecule has 13 aromatic carbocycles. The second-order valence-corrected chi connectivity index (χ2v) is 22.4. The van der Waals surface area contributed by atoms with Crippen LogP contribution < -0.4 is 0 Å². The Morgan fingerprint density at radius 1 is 0.202 bits per heavy atom. The van der Waals surface area contributed by atoms with Crippen LogP contribution in [0.15, 0.2) is 376 Å². The minimum Gasteiger partial charge on any atom is -0.0842 e. The molecule has 109 heavy (non-hydrogen) atoms. The Labute approximate surface area is 668 Å². The number of rotatable bonds is 8. The fraction of sp³-hybridized carbons (Fsp3) is 0.248. The summed E-state index contributed by atoms with van der Waals surface area (Å²) in [4.78, 5) is 0. The first-order chi connectivity index (χ1) is 53.7. The lowest BCUT2D eigenvalue weighted by atomic mass is 10.0. The van der Waals surface area contributed by atoms with Crippen molar-refractivity contribution in [1.82, 2.24) is 0 Å². The molecule has 1 aliphatic rings. The van der Waals surface area contributed by atoms with Gasteiger partial charge in [0.25, 0.3) is 0 Å². The number of hydrogen-bond donors (Lipinski definition) is 0. The Hall–Kier alpha value is -10.7. The van der Waals surface area contributed by atoms with Gasteiger partial charge in [0.15, 0.2) is 0 Å². The fourth-order valence-electron chi connectivity index (χ4n) is 9.35. The van der Waals surface area contributed by atoms with Gasteiger partial charge in [-0.2, -0.15) is 0 Å². The van der Waals surface area contributed by atoms with Crippen molar-refractivity contribution < 1.29 is 0 Å². The normalized spacial score (nSPS) is 9.55. The van der Waals surface area contributed by atoms with Gasteiger partial charge in [0.05, 0.1) is 0 Å². The van der Waals surface area contributed by atoms with Crippen LogP contribution in [0.2, 0.25) is 0 Å². The van der Waals surface area contributed by atoms with Crippen LogP contribution in [0.4, 0.5) is 0 Å². The van der Waals surface area contributed by atoms with Gasteiger partial charge in [0.2, 0.25) is 0 Å². The summed E-state index contributed by atoms with van der Waals surface area (Å²) in [6.45, 7) is 46.6. The summed E-state index contributed by atoms with van der Waals surface area (Å²) in [6.07, 6.45) is 19.5. The summed E-state index contributed by atoms with van der Waals surface area (Å²) >= 11 is 0. The lowest BCUT2D eigenvalue weighted by Crippen LogP contribution is -1.88. The molecule has 0 unspecified atom stereocenters. The molecule has 0 aliphatic heterocycles. The molecule has 0 bridgehead atoms. The predicted molar refractivity (Wildman–Crippen MR) is 503 cm³/mol. The van der Waals surface area contributed by atoms with E-state index >= 15 is 0 Å². The lowest BCUT2D eigenvalue weighted by molar-refractivity contribution is 0.962. The van der Waals surface area contributed by atoms with Crippen LogP contribution in [0, 0.1) is 27.7 Å². The molecule has 0 saturated carbocycles. The van der Waals surface area contributed by atoms with Crippen molar-refractivity contribution in [2.24, 2.45) is 0 Å². The summed E-state index contributed by atoms with van der Waals surface area (Å²) in [7, 11) is 0. The zero-order valence-electron chi connectivity index (χ0n) is 71.9. The highest BCUT2D eigenvalue weighted by Gasteiger charge is 1.97. The van der Waals surface area contributed by atoms with Crippen molar-refractivity contribution in [2.45, 2.75) is 185 Å². The first kappa shape index (κ1) is 103. The first-order valence-electron chi connectivity index (χ1n) is 40.7. The zero-order chi connectivity index (χ0) is 81.6. The van der Waals surface area contributed by atoms with E-state index in [4.69, 9.17) is 0 Å². The molecular formula is C109H142. The van der Waals surface area contributed by atoms with Crippen LogP contribution >= 0.6 is 0 Å². The van der Waals surface area contributed by atoms with Crippen molar-refractivity contribution in [3.8, 4) is 0 Å². The Bertz CT molecular complexity index is 3710. The quantitative estimate of drug-likeness (QED) is 0.133. The maximum absolute atomic E-state index is 2.20. The van der Waals surface area contributed by atoms with Crippen molar-refractivity contribution >= 4 is 45.8 Å². The van der Waals surface area contributed by atoms with Gasteiger partial charge in [-0.1, -0.05) is 547 Å². The first-order valence-corrected chi connectivity index (χ1v) is 40.7. The molecule has 0 saturated heterocycles. The summed E-state index contributed by atoms with van der Waals surface area (Å²) in [5.74, 6) is 0. The summed E-state index contributed by atoms with van der Waals surface area (Å²) in [5.41, 5.74) is 17.2. The van der Waals surface area contributed by atoms with Crippen molar-refractivity contribution in [2.75, 3.05) is 0 Å². The van der Waals surface area contributed by atoms with E-state index in [0.29, 0.717) is 0 Å². The Morgan fingerprint density at radius 3 is 0.560 bits per heavy atom. The van der Waals surface area contributed by atoms with E-state index in [1.807, 2.05) is 216 Å². The molecule has 14 rings (SSSR count). The summed E-state index contributed by atoms with van der Waals surface area (Å²) in [6, 6.07) is 122. The second-order valence-electron chi connectivity index (χ2n) is 22.4. The molecule has 0 spiro atoms. The number of fused-ring (bicyclic) bond motifs is 2. The van der Waals surface area contributed by atoms with Crippen molar-refractivity contribution in [1.29, 1.82) is 0 Å². The van der Waals surface area contributed by atoms with Crippen LogP contribution in [0.5, 0.6) is 0 Å². The third-order valence-electron chi connectivity index (χ3n) is 14.6. The van der Waals surface area contributed by atoms with Gasteiger partial charge in [0.1, 0.15) is 0 Å². The molecule has 0 aromatic heterocycles. The maximum Gasteiger partial charge on any atom is -0.00258 e. The van der Waals surface area contributed by atoms with E-state index in [0.717, 1.165) is 12.8 Å². The maximum atomic E-state index is 2.20. The summed E-state index contributed by atoms with van der Waals surface area (Å²) in [5, 5.41) is 5.24. The molecule has 13 aromatic rings. The highest BCUT2D eigenvalue weighted by Crippen LogP contribution is 2.16. The average Bonchev–Trinajstić information content (AvgIpc) is 0.869. The van der Waals surface area contributed by atoms with Crippen LogP contribution in [-0.4, -0.2) is 0 Å². The Balaban J connectivity index is -0.00000115. The molecule has 1 aliphatic carbocycles. The number of benzene rings is 13. The Kier molecular flexibility index (Phi) is 71.1. The van der Waals surface area contributed by atoms with E-state index in [9.17, 15) is 0 Å². The lowest BCUT2D eigenvalue weighted by Gasteiger charge is -2.03. The van der Waals surface area contributed by atoms with Gasteiger partial charge in [0, 0.05) is 0 Å². The molecule has 0 fully saturated rings. The van der Waals surface area contributed by atoms with Crippen LogP contribution in [-0.2, 0) is 12.8 Å². The van der Waals surface area contributed by atoms with E-state index < -0.39 is 0 Å². The highest BCUT2D eigenvalue weighted by atomic mass is 14.0. The average molecular weight is 1450 g/mol. The third-order valence-corrected chi connectivity index (χ3v) is 14.6. The predicted octanol–water partition coefficient (Wildman–Crippen LogP) is 34.4. The molecule has 0 atom stereocenters. The minimum atomic E-state index is 1.03. The largest absolute Gasteiger partial charge is 0.0842 e. The van der Waals surface area contributed by atoms with Gasteiger partial charge in [-0.25, -0.2) is 0 Å². The number of aryl methyl sites for hydroxylation is 4. The standard InChI is InChI=1S/C15H16.C14H14.2C14H12.2C10H8.C7H10.C7H8.9C2H6/c1-12-3-7-14(8-4-12)11-15-9-5-13(2)6-10-15;1-12-7-9-14(10-8-12)11-13-5-3-2-4-6-13;2*1-3-7-13(8-4-1)11-12-14-9-5-2-6-10-14;2*1-2-6-10-8-4-3-7-9(10)5-1;2*1-7-5-3-2-4-6-7;9*1-2/h3-10H,11H2,1-2H3;2-10H,11H2,1H3;2*1-12H;2*1-8H;2-3,5H,4,6H2,1H3;2-6H,1H3;9*1-2H3/b;;2*12-11+;;;;;;;;;;;;;. The van der Waals surface area contributed by atoms with Gasteiger partial charge >= 0.3 is 0 Å². The molecule has 0 N–H and O–H groups in total. The molecular weight excluding hydrogens is 1310 g/mol. The van der Waals surface area contributed by atoms with E-state index in [-0.39, 0.29) is 0 Å². The highest BCUT2D eigenvalue weighted by molar-refractivity contribution is 5.83. The SMILES string of the molecule is C(=C\c1ccccc1)/c1ccccc1.C(=C\c1ccccc1)/c1ccccc1.CC.CC.CC.CC.CC.CC.CC.CC.CC.CC1=CC=CCC1.Cc1ccc(Cc2ccc(C)cc2)cc1.Cc1ccc(Cc2ccccc2)cc1.Cc1ccccc1.c1ccc2ccccc2c1.c1ccc2ccccc2c1. The molecule has 0 nitrogen and oxygen atoms in total. The van der Waals surface area contributed by atoms with Gasteiger partial charge in [-0.05, 0) is 126 Å². The number of hydrogen-bond acceptors (Lipinski definition) is 0. The molecule has 578 valence electrons. The molecule has 0 heterocycles. The van der Waals surface area contributed by atoms with Crippen molar-refractivity contribution in [3.63, 3.8) is 0 Å². The molecule has 0 amide bonds. The van der Waals surface area contributed by atoms with Gasteiger partial charge < -0.3 is 0 Å². The fourth-order valence-corrected chi connectivity index (χ4v) is 9.35. The van der Waals surface area contributed by atoms with Crippen LogP contribution in [0.1, 0.15) is 211 Å². The van der Waals surface area contributed by atoms with Crippen LogP contribution in [0.25, 0.3) is 45.8 Å². The molecule has 0 radical (unpaired) electrons. The van der Waals surface area contributed by atoms with E-state index in [1.165, 1.54) is 107 Å². The summed E-state index contributed by atoms with van der Waals surface area (Å²) < 4.78 is 0. The topological polar surface area (TPSA) is 0 Å². The van der Waals surface area contributed by atoms with Gasteiger partial charge in [-0.3, -0.25) is 0 Å². The van der Waals surface area contributed by atoms with E-state index in [1.54, 1.807) is 0 Å². The third kappa shape index (κ3) is 52.9. The van der Waals surface area contributed by atoms with E-state index in [2.05, 4.69) is 338 Å². The Morgan fingerprint density at radius 2 is 0.385 bits per heavy atom.